The lowest BCUT2D eigenvalue weighted by atomic mass is 10.2. The van der Waals surface area contributed by atoms with Gasteiger partial charge < -0.3 is 10.2 Å². The Morgan fingerprint density at radius 1 is 1.38 bits per heavy atom. The molecule has 1 aliphatic heterocycles. The number of hydrogen-bond acceptors (Lipinski definition) is 4. The molecule has 0 aliphatic carbocycles. The molecule has 0 saturated heterocycles. The Morgan fingerprint density at radius 3 is 3.08 bits per heavy atom. The normalized spacial score (nSPS) is 14.4. The summed E-state index contributed by atoms with van der Waals surface area (Å²) in [5.74, 6) is 0.503. The average Bonchev–Trinajstić information content (AvgIpc) is 3.17. The van der Waals surface area contributed by atoms with Crippen molar-refractivity contribution in [2.45, 2.75) is 45.6 Å². The Hall–Kier alpha value is -2.15. The maximum atomic E-state index is 12.5. The number of nitrogens with one attached hydrogen (secondary N) is 1. The van der Waals surface area contributed by atoms with Gasteiger partial charge in [-0.25, -0.2) is 4.68 Å². The monoisotopic (exact) mass is 346 g/mol. The van der Waals surface area contributed by atoms with Crippen molar-refractivity contribution in [3.63, 3.8) is 0 Å². The fraction of sp³-hybridized carbons (Fsp3) is 0.471. The highest BCUT2D eigenvalue weighted by Crippen LogP contribution is 2.31. The highest BCUT2D eigenvalue weighted by molar-refractivity contribution is 7.10. The van der Waals surface area contributed by atoms with E-state index in [1.165, 1.54) is 4.88 Å². The third-order valence-corrected chi connectivity index (χ3v) is 5.09. The van der Waals surface area contributed by atoms with Gasteiger partial charge in [-0.05, 0) is 30.7 Å². The Morgan fingerprint density at radius 2 is 2.25 bits per heavy atom. The van der Waals surface area contributed by atoms with Gasteiger partial charge in [0, 0.05) is 23.9 Å². The fourth-order valence-corrected chi connectivity index (χ4v) is 3.78. The van der Waals surface area contributed by atoms with Gasteiger partial charge in [-0.2, -0.15) is 5.10 Å². The molecule has 0 unspecified atom stereocenters. The van der Waals surface area contributed by atoms with Gasteiger partial charge in [0.15, 0.2) is 0 Å². The summed E-state index contributed by atoms with van der Waals surface area (Å²) in [4.78, 5) is 27.6. The van der Waals surface area contributed by atoms with E-state index in [0.717, 1.165) is 37.9 Å². The summed E-state index contributed by atoms with van der Waals surface area (Å²) in [6.07, 6.45) is 5.99. The summed E-state index contributed by atoms with van der Waals surface area (Å²) in [5.41, 5.74) is 0.886. The van der Waals surface area contributed by atoms with Gasteiger partial charge in [-0.15, -0.1) is 11.3 Å². The molecule has 0 fully saturated rings. The van der Waals surface area contributed by atoms with E-state index in [4.69, 9.17) is 0 Å². The molecule has 1 N–H and O–H groups in total. The second-order valence-electron chi connectivity index (χ2n) is 5.90. The van der Waals surface area contributed by atoms with Crippen molar-refractivity contribution in [2.24, 2.45) is 0 Å². The van der Waals surface area contributed by atoms with E-state index in [1.807, 2.05) is 11.4 Å². The highest BCUT2D eigenvalue weighted by atomic mass is 32.1. The average molecular weight is 346 g/mol. The van der Waals surface area contributed by atoms with Crippen LogP contribution in [0, 0.1) is 0 Å². The number of thiophene rings is 1. The number of unbranched alkanes of at least 4 members (excludes halogenated alkanes) is 1. The minimum Gasteiger partial charge on any atom is -0.309 e. The molecule has 3 heterocycles. The van der Waals surface area contributed by atoms with Crippen molar-refractivity contribution >= 4 is 34.7 Å². The van der Waals surface area contributed by atoms with Crippen molar-refractivity contribution in [1.29, 1.82) is 0 Å². The number of carbonyl (C=O) groups excluding carboxylic acids is 2. The van der Waals surface area contributed by atoms with Crippen LogP contribution in [-0.4, -0.2) is 28.1 Å². The largest absolute Gasteiger partial charge is 0.309 e. The number of nitrogens with zero attached hydrogens (tertiary/aromatic N) is 3. The van der Waals surface area contributed by atoms with E-state index < -0.39 is 0 Å². The van der Waals surface area contributed by atoms with Crippen LogP contribution >= 0.6 is 11.3 Å². The van der Waals surface area contributed by atoms with Crippen LogP contribution < -0.4 is 10.2 Å². The molecule has 0 aromatic carbocycles. The summed E-state index contributed by atoms with van der Waals surface area (Å²) in [5, 5.41) is 9.10. The van der Waals surface area contributed by atoms with E-state index in [9.17, 15) is 9.59 Å². The number of aromatic nitrogens is 2. The second kappa shape index (κ2) is 7.61. The Bertz CT molecular complexity index is 722. The van der Waals surface area contributed by atoms with Gasteiger partial charge in [0.1, 0.15) is 12.4 Å². The van der Waals surface area contributed by atoms with Crippen LogP contribution in [0.4, 0.5) is 11.5 Å². The first-order valence-electron chi connectivity index (χ1n) is 8.37. The van der Waals surface area contributed by atoms with Gasteiger partial charge in [0.25, 0.3) is 0 Å². The lowest BCUT2D eigenvalue weighted by Gasteiger charge is -2.20. The smallest absolute Gasteiger partial charge is 0.245 e. The van der Waals surface area contributed by atoms with Crippen molar-refractivity contribution in [3.05, 3.63) is 28.6 Å². The highest BCUT2D eigenvalue weighted by Gasteiger charge is 2.25. The van der Waals surface area contributed by atoms with Gasteiger partial charge >= 0.3 is 0 Å². The fourth-order valence-electron chi connectivity index (χ4n) is 2.86. The molecule has 0 radical (unpaired) electrons. The lowest BCUT2D eigenvalue weighted by molar-refractivity contribution is -0.121. The minimum atomic E-state index is -0.194. The summed E-state index contributed by atoms with van der Waals surface area (Å²) < 4.78 is 1.79. The van der Waals surface area contributed by atoms with Crippen LogP contribution in [0.1, 0.15) is 37.5 Å². The molecule has 0 atom stereocenters. The molecule has 2 amide bonds. The molecule has 0 bridgehead atoms. The van der Waals surface area contributed by atoms with Crippen LogP contribution in [0.15, 0.2) is 23.7 Å². The van der Waals surface area contributed by atoms with E-state index in [2.05, 4.69) is 17.3 Å². The van der Waals surface area contributed by atoms with E-state index in [0.29, 0.717) is 12.2 Å². The molecule has 2 aromatic rings. The SMILES string of the molecule is CCCCn1nccc1NC(=O)CN1C(=O)CCCc2sccc21. The van der Waals surface area contributed by atoms with Crippen LogP contribution in [0.25, 0.3) is 0 Å². The topological polar surface area (TPSA) is 67.2 Å². The molecule has 0 saturated carbocycles. The van der Waals surface area contributed by atoms with Crippen LogP contribution in [-0.2, 0) is 22.6 Å². The molecule has 3 rings (SSSR count). The predicted molar refractivity (Wildman–Crippen MR) is 95.4 cm³/mol. The number of anilines is 2. The van der Waals surface area contributed by atoms with E-state index in [-0.39, 0.29) is 18.4 Å². The molecule has 2 aromatic heterocycles. The number of rotatable bonds is 6. The van der Waals surface area contributed by atoms with Gasteiger partial charge in [0.05, 0.1) is 11.9 Å². The number of hydrogen-bond donors (Lipinski definition) is 1. The van der Waals surface area contributed by atoms with E-state index in [1.54, 1.807) is 33.2 Å². The van der Waals surface area contributed by atoms with Crippen LogP contribution in [0.2, 0.25) is 0 Å². The first-order chi connectivity index (χ1) is 11.7. The molecule has 24 heavy (non-hydrogen) atoms. The van der Waals surface area contributed by atoms with Crippen molar-refractivity contribution in [1.82, 2.24) is 9.78 Å². The zero-order chi connectivity index (χ0) is 16.9. The Kier molecular flexibility index (Phi) is 5.30. The Labute approximate surface area is 145 Å². The van der Waals surface area contributed by atoms with E-state index >= 15 is 0 Å². The van der Waals surface area contributed by atoms with Gasteiger partial charge in [-0.1, -0.05) is 13.3 Å². The molecule has 1 aliphatic rings. The summed E-state index contributed by atoms with van der Waals surface area (Å²) >= 11 is 1.65. The number of amides is 2. The second-order valence-corrected chi connectivity index (χ2v) is 6.90. The maximum absolute atomic E-state index is 12.5. The summed E-state index contributed by atoms with van der Waals surface area (Å²) in [6.45, 7) is 2.93. The first-order valence-corrected chi connectivity index (χ1v) is 9.25. The lowest BCUT2D eigenvalue weighted by Crippen LogP contribution is -2.37. The number of fused-ring (bicyclic) bond motifs is 1. The Balaban J connectivity index is 1.69. The van der Waals surface area contributed by atoms with Crippen molar-refractivity contribution in [3.8, 4) is 0 Å². The minimum absolute atomic E-state index is 0.0155. The zero-order valence-corrected chi connectivity index (χ0v) is 14.6. The molecular weight excluding hydrogens is 324 g/mol. The number of carbonyl (C=O) groups is 2. The summed E-state index contributed by atoms with van der Waals surface area (Å²) in [7, 11) is 0. The molecule has 6 nitrogen and oxygen atoms in total. The van der Waals surface area contributed by atoms with Gasteiger partial charge in [-0.3, -0.25) is 9.59 Å². The molecule has 7 heteroatoms. The van der Waals surface area contributed by atoms with Crippen LogP contribution in [0.5, 0.6) is 0 Å². The van der Waals surface area contributed by atoms with Crippen LogP contribution in [0.3, 0.4) is 0 Å². The first kappa shape index (κ1) is 16.7. The third kappa shape index (κ3) is 3.67. The van der Waals surface area contributed by atoms with Gasteiger partial charge in [0.2, 0.25) is 11.8 Å². The third-order valence-electron chi connectivity index (χ3n) is 4.12. The maximum Gasteiger partial charge on any atom is 0.245 e. The predicted octanol–water partition coefficient (Wildman–Crippen LogP) is 3.05. The standard InChI is InChI=1S/C17H22N4O2S/c1-2-3-10-21-15(7-9-18-21)19-16(22)12-20-13-8-11-24-14(13)5-4-6-17(20)23/h7-9,11H,2-6,10,12H2,1H3,(H,19,22). The van der Waals surface area contributed by atoms with Crippen molar-refractivity contribution in [2.75, 3.05) is 16.8 Å². The zero-order valence-electron chi connectivity index (χ0n) is 13.8. The summed E-state index contributed by atoms with van der Waals surface area (Å²) in [6, 6.07) is 3.72. The quantitative estimate of drug-likeness (QED) is 0.874. The molecule has 0 spiro atoms. The number of aryl methyl sites for hydroxylation is 2. The van der Waals surface area contributed by atoms with Crippen molar-refractivity contribution < 1.29 is 9.59 Å². The molecular formula is C17H22N4O2S. The molecule has 128 valence electrons.